The highest BCUT2D eigenvalue weighted by atomic mass is 32.1. The molecule has 2 aromatic rings. The third kappa shape index (κ3) is 4.81. The fourth-order valence-corrected chi connectivity index (χ4v) is 2.36. The molecule has 1 aromatic carbocycles. The molecule has 0 spiro atoms. The van der Waals surface area contributed by atoms with E-state index in [2.05, 4.69) is 27.8 Å². The van der Waals surface area contributed by atoms with Gasteiger partial charge in [0.2, 0.25) is 5.91 Å². The molecule has 0 fully saturated rings. The van der Waals surface area contributed by atoms with Gasteiger partial charge in [-0.3, -0.25) is 4.79 Å². The summed E-state index contributed by atoms with van der Waals surface area (Å²) in [7, 11) is 0. The van der Waals surface area contributed by atoms with Gasteiger partial charge in [0.1, 0.15) is 0 Å². The van der Waals surface area contributed by atoms with E-state index >= 15 is 0 Å². The van der Waals surface area contributed by atoms with Crippen LogP contribution in [-0.4, -0.2) is 24.0 Å². The zero-order valence-electron chi connectivity index (χ0n) is 10.8. The minimum atomic E-state index is -0.0533. The first kappa shape index (κ1) is 13.7. The van der Waals surface area contributed by atoms with E-state index in [1.54, 1.807) is 0 Å². The number of hydrogen-bond acceptors (Lipinski definition) is 4. The zero-order valence-corrected chi connectivity index (χ0v) is 11.7. The molecule has 1 heterocycles. The van der Waals surface area contributed by atoms with Crippen LogP contribution in [0.1, 0.15) is 11.3 Å². The lowest BCUT2D eigenvalue weighted by Crippen LogP contribution is -2.29. The molecule has 4 nitrogen and oxygen atoms in total. The predicted molar refractivity (Wildman–Crippen MR) is 78.5 cm³/mol. The van der Waals surface area contributed by atoms with Crippen LogP contribution in [0.2, 0.25) is 0 Å². The van der Waals surface area contributed by atoms with Gasteiger partial charge in [-0.15, -0.1) is 11.3 Å². The molecule has 1 aromatic heterocycles. The summed E-state index contributed by atoms with van der Waals surface area (Å²) >= 11 is 1.44. The van der Waals surface area contributed by atoms with E-state index in [1.165, 1.54) is 16.9 Å². The molecule has 0 saturated heterocycles. The van der Waals surface area contributed by atoms with Crippen molar-refractivity contribution in [1.82, 2.24) is 10.3 Å². The number of aryl methyl sites for hydroxylation is 1. The molecule has 0 bridgehead atoms. The van der Waals surface area contributed by atoms with Gasteiger partial charge >= 0.3 is 0 Å². The molecule has 2 N–H and O–H groups in total. The van der Waals surface area contributed by atoms with Gasteiger partial charge in [-0.2, -0.15) is 0 Å². The first-order valence-electron chi connectivity index (χ1n) is 6.20. The van der Waals surface area contributed by atoms with Crippen molar-refractivity contribution < 1.29 is 4.79 Å². The van der Waals surface area contributed by atoms with Gasteiger partial charge in [0.15, 0.2) is 5.13 Å². The molecular formula is C14H17N3OS. The quantitative estimate of drug-likeness (QED) is 0.795. The summed E-state index contributed by atoms with van der Waals surface area (Å²) in [6.45, 7) is 3.00. The highest BCUT2D eigenvalue weighted by Crippen LogP contribution is 2.13. The summed E-state index contributed by atoms with van der Waals surface area (Å²) in [5.74, 6) is -0.0533. The second-order valence-corrected chi connectivity index (χ2v) is 5.11. The Hall–Kier alpha value is -1.72. The van der Waals surface area contributed by atoms with Gasteiger partial charge < -0.3 is 10.6 Å². The summed E-state index contributed by atoms with van der Waals surface area (Å²) in [6.07, 6.45) is 0.921. The average Bonchev–Trinajstić information content (AvgIpc) is 2.81. The summed E-state index contributed by atoms with van der Waals surface area (Å²) in [5, 5.41) is 8.47. The average molecular weight is 275 g/mol. The van der Waals surface area contributed by atoms with Crippen LogP contribution in [0.4, 0.5) is 5.13 Å². The summed E-state index contributed by atoms with van der Waals surface area (Å²) in [5.41, 5.74) is 2.20. The number of thiazole rings is 1. The molecule has 1 amide bonds. The Morgan fingerprint density at radius 2 is 2.11 bits per heavy atom. The van der Waals surface area contributed by atoms with Crippen molar-refractivity contribution in [2.75, 3.05) is 18.4 Å². The van der Waals surface area contributed by atoms with Gasteiger partial charge in [-0.05, 0) is 25.5 Å². The number of anilines is 1. The topological polar surface area (TPSA) is 54.0 Å². The van der Waals surface area contributed by atoms with Crippen molar-refractivity contribution >= 4 is 22.4 Å². The highest BCUT2D eigenvalue weighted by molar-refractivity contribution is 7.13. The van der Waals surface area contributed by atoms with Gasteiger partial charge in [0.25, 0.3) is 0 Å². The predicted octanol–water partition coefficient (Wildman–Crippen LogP) is 2.22. The van der Waals surface area contributed by atoms with Gasteiger partial charge in [-0.25, -0.2) is 4.98 Å². The van der Waals surface area contributed by atoms with Crippen LogP contribution in [0.15, 0.2) is 35.7 Å². The third-order valence-corrected chi connectivity index (χ3v) is 3.46. The van der Waals surface area contributed by atoms with Crippen LogP contribution in [0.3, 0.4) is 0 Å². The maximum absolute atomic E-state index is 11.6. The fourth-order valence-electron chi connectivity index (χ4n) is 1.65. The molecule has 0 radical (unpaired) electrons. The SMILES string of the molecule is Cc1csc(NC(=O)CNCCc2ccccc2)n1. The molecular weight excluding hydrogens is 258 g/mol. The highest BCUT2D eigenvalue weighted by Gasteiger charge is 2.04. The number of rotatable bonds is 6. The summed E-state index contributed by atoms with van der Waals surface area (Å²) < 4.78 is 0. The van der Waals surface area contributed by atoms with E-state index in [4.69, 9.17) is 0 Å². The van der Waals surface area contributed by atoms with Crippen molar-refractivity contribution in [3.63, 3.8) is 0 Å². The summed E-state index contributed by atoms with van der Waals surface area (Å²) in [6, 6.07) is 10.2. The smallest absolute Gasteiger partial charge is 0.240 e. The Labute approximate surface area is 116 Å². The van der Waals surface area contributed by atoms with Crippen LogP contribution < -0.4 is 10.6 Å². The maximum atomic E-state index is 11.6. The lowest BCUT2D eigenvalue weighted by molar-refractivity contribution is -0.115. The molecule has 0 atom stereocenters. The van der Waals surface area contributed by atoms with Crippen molar-refractivity contribution in [3.05, 3.63) is 47.0 Å². The first-order valence-corrected chi connectivity index (χ1v) is 7.08. The number of carbonyl (C=O) groups excluding carboxylic acids is 1. The third-order valence-electron chi connectivity index (χ3n) is 2.58. The minimum absolute atomic E-state index is 0.0533. The van der Waals surface area contributed by atoms with Crippen LogP contribution in [0.25, 0.3) is 0 Å². The van der Waals surface area contributed by atoms with Crippen LogP contribution in [0, 0.1) is 6.92 Å². The van der Waals surface area contributed by atoms with Gasteiger partial charge in [0.05, 0.1) is 12.2 Å². The van der Waals surface area contributed by atoms with E-state index in [1.807, 2.05) is 30.5 Å². The molecule has 2 rings (SSSR count). The molecule has 0 aliphatic carbocycles. The first-order chi connectivity index (χ1) is 9.24. The Kier molecular flexibility index (Phi) is 5.06. The Morgan fingerprint density at radius 3 is 2.79 bits per heavy atom. The van der Waals surface area contributed by atoms with Gasteiger partial charge in [0, 0.05) is 5.38 Å². The number of nitrogens with one attached hydrogen (secondary N) is 2. The molecule has 100 valence electrons. The van der Waals surface area contributed by atoms with Crippen molar-refractivity contribution in [1.29, 1.82) is 0 Å². The van der Waals surface area contributed by atoms with Crippen LogP contribution in [0.5, 0.6) is 0 Å². The van der Waals surface area contributed by atoms with Crippen molar-refractivity contribution in [2.45, 2.75) is 13.3 Å². The molecule has 5 heteroatoms. The molecule has 0 saturated carbocycles. The Balaban J connectivity index is 1.64. The largest absolute Gasteiger partial charge is 0.308 e. The van der Waals surface area contributed by atoms with Crippen LogP contribution >= 0.6 is 11.3 Å². The van der Waals surface area contributed by atoms with Crippen LogP contribution in [-0.2, 0) is 11.2 Å². The zero-order chi connectivity index (χ0) is 13.5. The van der Waals surface area contributed by atoms with E-state index in [0.717, 1.165) is 18.7 Å². The number of benzene rings is 1. The number of aromatic nitrogens is 1. The fraction of sp³-hybridized carbons (Fsp3) is 0.286. The maximum Gasteiger partial charge on any atom is 0.240 e. The molecule has 0 aliphatic heterocycles. The second-order valence-electron chi connectivity index (χ2n) is 4.25. The Bertz CT molecular complexity index is 524. The Morgan fingerprint density at radius 1 is 1.32 bits per heavy atom. The second kappa shape index (κ2) is 7.01. The number of hydrogen-bond donors (Lipinski definition) is 2. The monoisotopic (exact) mass is 275 g/mol. The minimum Gasteiger partial charge on any atom is -0.308 e. The van der Waals surface area contributed by atoms with E-state index < -0.39 is 0 Å². The van der Waals surface area contributed by atoms with E-state index in [-0.39, 0.29) is 5.91 Å². The molecule has 0 aliphatic rings. The number of nitrogens with zero attached hydrogens (tertiary/aromatic N) is 1. The molecule has 0 unspecified atom stereocenters. The van der Waals surface area contributed by atoms with Crippen molar-refractivity contribution in [3.8, 4) is 0 Å². The number of amides is 1. The van der Waals surface area contributed by atoms with E-state index in [9.17, 15) is 4.79 Å². The standard InChI is InChI=1S/C14H17N3OS/c1-11-10-19-14(16-11)17-13(18)9-15-8-7-12-5-3-2-4-6-12/h2-6,10,15H,7-9H2,1H3,(H,16,17,18). The normalized spacial score (nSPS) is 10.4. The van der Waals surface area contributed by atoms with Crippen molar-refractivity contribution in [2.24, 2.45) is 0 Å². The van der Waals surface area contributed by atoms with Gasteiger partial charge in [-0.1, -0.05) is 30.3 Å². The molecule has 19 heavy (non-hydrogen) atoms. The summed E-state index contributed by atoms with van der Waals surface area (Å²) in [4.78, 5) is 15.8. The number of carbonyl (C=O) groups is 1. The van der Waals surface area contributed by atoms with E-state index in [0.29, 0.717) is 11.7 Å². The lowest BCUT2D eigenvalue weighted by atomic mass is 10.1. The lowest BCUT2D eigenvalue weighted by Gasteiger charge is -2.04.